The lowest BCUT2D eigenvalue weighted by Crippen LogP contribution is -2.56. The molecule has 6 heteroatoms. The van der Waals surface area contributed by atoms with Crippen LogP contribution < -0.4 is 4.74 Å². The molecule has 0 amide bonds. The molecule has 0 aliphatic heterocycles. The third-order valence-electron chi connectivity index (χ3n) is 8.36. The van der Waals surface area contributed by atoms with Gasteiger partial charge in [-0.25, -0.2) is 8.78 Å². The highest BCUT2D eigenvalue weighted by Crippen LogP contribution is 2.57. The van der Waals surface area contributed by atoms with Crippen LogP contribution in [0.2, 0.25) is 0 Å². The molecule has 184 valence electrons. The Morgan fingerprint density at radius 3 is 2.57 bits per heavy atom. The zero-order valence-corrected chi connectivity index (χ0v) is 20.1. The molecule has 0 bridgehead atoms. The monoisotopic (exact) mass is 479 g/mol. The number of halogens is 2. The molecule has 4 nitrogen and oxygen atoms in total. The van der Waals surface area contributed by atoms with Crippen molar-refractivity contribution in [3.05, 3.63) is 94.3 Å². The number of hydrogen-bond acceptors (Lipinski definition) is 4. The molecule has 0 saturated heterocycles. The van der Waals surface area contributed by atoms with Crippen LogP contribution >= 0.6 is 0 Å². The van der Waals surface area contributed by atoms with E-state index in [0.717, 1.165) is 54.0 Å². The Bertz CT molecular complexity index is 1230. The summed E-state index contributed by atoms with van der Waals surface area (Å²) in [6.45, 7) is 4.47. The van der Waals surface area contributed by atoms with E-state index in [1.165, 1.54) is 11.6 Å². The van der Waals surface area contributed by atoms with Gasteiger partial charge in [0.05, 0.1) is 11.7 Å². The minimum absolute atomic E-state index is 0.0165. The van der Waals surface area contributed by atoms with E-state index in [2.05, 4.69) is 24.0 Å². The van der Waals surface area contributed by atoms with Crippen LogP contribution in [0, 0.1) is 24.5 Å². The van der Waals surface area contributed by atoms with Gasteiger partial charge in [-0.15, -0.1) is 0 Å². The van der Waals surface area contributed by atoms with Crippen LogP contribution in [0.5, 0.6) is 5.75 Å². The Balaban J connectivity index is 1.44. The van der Waals surface area contributed by atoms with Crippen LogP contribution in [-0.4, -0.2) is 21.3 Å². The van der Waals surface area contributed by atoms with E-state index >= 15 is 0 Å². The van der Waals surface area contributed by atoms with Crippen LogP contribution in [0.15, 0.2) is 54.7 Å². The van der Waals surface area contributed by atoms with Crippen molar-refractivity contribution in [2.45, 2.75) is 69.7 Å². The standard InChI is InChI=1S/C29H31F2NO3/c1-3-28-16-26(33)29(34,27-24(30)7-4-8-25(27)31)15-21(28)10-9-19-14-22(11-12-23(19)28)35-17-20-6-5-13-32-18(20)2/h4-8,11-14,21,26,33-34H,3,9-10,15-17H2,1-2H3/t21-,26?,28?,29?/m1/s1. The fourth-order valence-corrected chi connectivity index (χ4v) is 6.41. The van der Waals surface area contributed by atoms with Crippen molar-refractivity contribution < 1.29 is 23.7 Å². The fourth-order valence-electron chi connectivity index (χ4n) is 6.41. The third kappa shape index (κ3) is 3.93. The number of rotatable bonds is 5. The van der Waals surface area contributed by atoms with E-state index in [1.54, 1.807) is 6.20 Å². The van der Waals surface area contributed by atoms with Gasteiger partial charge in [0.15, 0.2) is 0 Å². The summed E-state index contributed by atoms with van der Waals surface area (Å²) in [7, 11) is 0. The Kier molecular flexibility index (Phi) is 6.14. The van der Waals surface area contributed by atoms with Crippen molar-refractivity contribution in [2.24, 2.45) is 5.92 Å². The minimum Gasteiger partial charge on any atom is -0.489 e. The third-order valence-corrected chi connectivity index (χ3v) is 8.36. The van der Waals surface area contributed by atoms with Crippen molar-refractivity contribution in [2.75, 3.05) is 0 Å². The molecule has 2 aromatic carbocycles. The molecule has 1 heterocycles. The predicted molar refractivity (Wildman–Crippen MR) is 129 cm³/mol. The molecule has 2 aliphatic rings. The zero-order valence-electron chi connectivity index (χ0n) is 20.1. The molecule has 35 heavy (non-hydrogen) atoms. The lowest BCUT2D eigenvalue weighted by atomic mass is 9.52. The molecule has 1 aromatic heterocycles. The summed E-state index contributed by atoms with van der Waals surface area (Å²) >= 11 is 0. The molecule has 1 fully saturated rings. The summed E-state index contributed by atoms with van der Waals surface area (Å²) in [5, 5.41) is 22.6. The Labute approximate surface area is 204 Å². The van der Waals surface area contributed by atoms with E-state index in [4.69, 9.17) is 4.74 Å². The number of nitrogens with zero attached hydrogens (tertiary/aromatic N) is 1. The minimum atomic E-state index is -1.96. The maximum atomic E-state index is 14.6. The van der Waals surface area contributed by atoms with Gasteiger partial charge in [-0.1, -0.05) is 25.1 Å². The first-order valence-electron chi connectivity index (χ1n) is 12.3. The molecule has 3 aromatic rings. The van der Waals surface area contributed by atoms with Crippen LogP contribution in [0.1, 0.15) is 60.6 Å². The predicted octanol–water partition coefficient (Wildman–Crippen LogP) is 5.50. The summed E-state index contributed by atoms with van der Waals surface area (Å²) in [4.78, 5) is 4.31. The Hall–Kier alpha value is -2.83. The first kappa shape index (κ1) is 23.9. The Morgan fingerprint density at radius 1 is 1.09 bits per heavy atom. The summed E-state index contributed by atoms with van der Waals surface area (Å²) in [5.41, 5.74) is 1.52. The van der Waals surface area contributed by atoms with Crippen LogP contribution in [0.4, 0.5) is 8.78 Å². The number of aryl methyl sites for hydroxylation is 2. The number of fused-ring (bicyclic) bond motifs is 3. The summed E-state index contributed by atoms with van der Waals surface area (Å²) in [6, 6.07) is 13.5. The van der Waals surface area contributed by atoms with Gasteiger partial charge in [-0.05, 0) is 86.4 Å². The van der Waals surface area contributed by atoms with Crippen molar-refractivity contribution in [3.63, 3.8) is 0 Å². The van der Waals surface area contributed by atoms with Gasteiger partial charge >= 0.3 is 0 Å². The Morgan fingerprint density at radius 2 is 1.86 bits per heavy atom. The van der Waals surface area contributed by atoms with E-state index in [1.807, 2.05) is 25.1 Å². The molecule has 0 spiro atoms. The first-order valence-corrected chi connectivity index (χ1v) is 12.3. The van der Waals surface area contributed by atoms with Crippen molar-refractivity contribution >= 4 is 0 Å². The second kappa shape index (κ2) is 8.99. The van der Waals surface area contributed by atoms with Gasteiger partial charge in [0.2, 0.25) is 0 Å². The summed E-state index contributed by atoms with van der Waals surface area (Å²) < 4.78 is 35.3. The van der Waals surface area contributed by atoms with Crippen LogP contribution in [0.25, 0.3) is 0 Å². The fraction of sp³-hybridized carbons (Fsp3) is 0.414. The number of aliphatic hydroxyl groups is 2. The molecule has 0 radical (unpaired) electrons. The number of aliphatic hydroxyl groups excluding tert-OH is 1. The second-order valence-electron chi connectivity index (χ2n) is 10.0. The van der Waals surface area contributed by atoms with Crippen molar-refractivity contribution in [1.29, 1.82) is 0 Å². The topological polar surface area (TPSA) is 62.6 Å². The maximum Gasteiger partial charge on any atom is 0.132 e. The number of ether oxygens (including phenoxy) is 1. The number of pyridine rings is 1. The van der Waals surface area contributed by atoms with Gasteiger partial charge in [-0.3, -0.25) is 4.98 Å². The molecule has 5 rings (SSSR count). The molecular formula is C29H31F2NO3. The van der Waals surface area contributed by atoms with Crippen molar-refractivity contribution in [1.82, 2.24) is 4.98 Å². The molecule has 2 N–H and O–H groups in total. The van der Waals surface area contributed by atoms with Gasteiger partial charge in [0.1, 0.15) is 29.6 Å². The van der Waals surface area contributed by atoms with Crippen LogP contribution in [0.3, 0.4) is 0 Å². The molecule has 3 unspecified atom stereocenters. The van der Waals surface area contributed by atoms with Crippen LogP contribution in [-0.2, 0) is 24.0 Å². The molecule has 2 aliphatic carbocycles. The zero-order chi connectivity index (χ0) is 24.8. The van der Waals surface area contributed by atoms with E-state index < -0.39 is 28.9 Å². The quantitative estimate of drug-likeness (QED) is 0.507. The smallest absolute Gasteiger partial charge is 0.132 e. The lowest BCUT2D eigenvalue weighted by Gasteiger charge is -2.55. The normalized spacial score (nSPS) is 27.7. The molecule has 4 atom stereocenters. The molecular weight excluding hydrogens is 448 g/mol. The van der Waals surface area contributed by atoms with Crippen molar-refractivity contribution in [3.8, 4) is 5.75 Å². The average molecular weight is 480 g/mol. The molecule has 1 saturated carbocycles. The number of aromatic nitrogens is 1. The maximum absolute atomic E-state index is 14.6. The van der Waals surface area contributed by atoms with Gasteiger partial charge in [0, 0.05) is 22.9 Å². The van der Waals surface area contributed by atoms with E-state index in [0.29, 0.717) is 6.61 Å². The van der Waals surface area contributed by atoms with E-state index in [9.17, 15) is 19.0 Å². The summed E-state index contributed by atoms with van der Waals surface area (Å²) in [6.07, 6.45) is 3.11. The average Bonchev–Trinajstić information content (AvgIpc) is 2.84. The SMILES string of the molecule is CCC12CC(O)C(O)(c3c(F)cccc3F)C[C@H]1CCc1cc(OCc3cccnc3C)ccc12. The van der Waals surface area contributed by atoms with Gasteiger partial charge in [0.25, 0.3) is 0 Å². The van der Waals surface area contributed by atoms with E-state index in [-0.39, 0.29) is 24.2 Å². The first-order chi connectivity index (χ1) is 16.8. The number of benzene rings is 2. The lowest BCUT2D eigenvalue weighted by molar-refractivity contribution is -0.149. The highest BCUT2D eigenvalue weighted by molar-refractivity contribution is 5.45. The van der Waals surface area contributed by atoms with Gasteiger partial charge in [-0.2, -0.15) is 0 Å². The largest absolute Gasteiger partial charge is 0.489 e. The highest BCUT2D eigenvalue weighted by atomic mass is 19.1. The highest BCUT2D eigenvalue weighted by Gasteiger charge is 2.56. The van der Waals surface area contributed by atoms with Gasteiger partial charge < -0.3 is 14.9 Å². The number of hydrogen-bond donors (Lipinski definition) is 2. The summed E-state index contributed by atoms with van der Waals surface area (Å²) in [5.74, 6) is -0.884. The second-order valence-corrected chi connectivity index (χ2v) is 10.0.